The van der Waals surface area contributed by atoms with Crippen LogP contribution in [0.2, 0.25) is 0 Å². The number of para-hydroxylation sites is 1. The standard InChI is InChI=1S/C7H6NO3/c9-7-5-3-1-2-4-6(5)8(10)11-7/h1-4,7,9H. The van der Waals surface area contributed by atoms with Crippen molar-refractivity contribution in [3.8, 4) is 0 Å². The van der Waals surface area contributed by atoms with Gasteiger partial charge in [0.15, 0.2) is 0 Å². The fraction of sp³-hybridized carbons (Fsp3) is 0.143. The second kappa shape index (κ2) is 2.20. The normalized spacial score (nSPS) is 22.0. The van der Waals surface area contributed by atoms with Crippen molar-refractivity contribution in [2.75, 3.05) is 5.23 Å². The van der Waals surface area contributed by atoms with Crippen molar-refractivity contribution < 1.29 is 15.2 Å². The van der Waals surface area contributed by atoms with Crippen molar-refractivity contribution >= 4 is 5.69 Å². The van der Waals surface area contributed by atoms with E-state index in [4.69, 9.17) is 5.11 Å². The number of benzene rings is 1. The van der Waals surface area contributed by atoms with Gasteiger partial charge in [-0.2, -0.15) is 0 Å². The lowest BCUT2D eigenvalue weighted by molar-refractivity contribution is -0.178. The Kier molecular flexibility index (Phi) is 1.32. The van der Waals surface area contributed by atoms with Gasteiger partial charge in [-0.3, -0.25) is 0 Å². The molecule has 1 aromatic rings. The number of hydrogen-bond acceptors (Lipinski definition) is 3. The zero-order chi connectivity index (χ0) is 7.84. The van der Waals surface area contributed by atoms with E-state index in [0.29, 0.717) is 16.5 Å². The first kappa shape index (κ1) is 6.60. The first-order valence-electron chi connectivity index (χ1n) is 3.20. The summed E-state index contributed by atoms with van der Waals surface area (Å²) in [6.45, 7) is 0. The zero-order valence-electron chi connectivity index (χ0n) is 5.60. The topological polar surface area (TPSA) is 52.6 Å². The highest BCUT2D eigenvalue weighted by atomic mass is 16.9. The SMILES string of the molecule is [O]N1OC(O)c2ccccc21. The van der Waals surface area contributed by atoms with E-state index >= 15 is 0 Å². The molecule has 0 saturated heterocycles. The van der Waals surface area contributed by atoms with Crippen LogP contribution in [-0.4, -0.2) is 5.11 Å². The molecule has 1 atom stereocenters. The molecule has 1 heterocycles. The molecule has 0 amide bonds. The van der Waals surface area contributed by atoms with E-state index in [1.807, 2.05) is 0 Å². The third-order valence-electron chi connectivity index (χ3n) is 1.60. The van der Waals surface area contributed by atoms with E-state index < -0.39 is 6.29 Å². The van der Waals surface area contributed by atoms with E-state index in [1.54, 1.807) is 24.3 Å². The number of anilines is 1. The van der Waals surface area contributed by atoms with E-state index in [0.717, 1.165) is 0 Å². The molecule has 0 bridgehead atoms. The van der Waals surface area contributed by atoms with Gasteiger partial charge >= 0.3 is 0 Å². The Morgan fingerprint density at radius 2 is 2.18 bits per heavy atom. The maximum atomic E-state index is 10.8. The summed E-state index contributed by atoms with van der Waals surface area (Å²) in [6.07, 6.45) is -1.11. The zero-order valence-corrected chi connectivity index (χ0v) is 5.60. The molecule has 0 spiro atoms. The molecule has 1 radical (unpaired) electrons. The van der Waals surface area contributed by atoms with Gasteiger partial charge in [-0.1, -0.05) is 28.6 Å². The summed E-state index contributed by atoms with van der Waals surface area (Å²) in [7, 11) is 0. The molecule has 0 aromatic heterocycles. The molecule has 1 aliphatic heterocycles. The Hall–Kier alpha value is -1.10. The highest BCUT2D eigenvalue weighted by Gasteiger charge is 2.27. The molecular formula is C7H6NO3. The van der Waals surface area contributed by atoms with Gasteiger partial charge in [0.1, 0.15) is 5.69 Å². The molecule has 2 rings (SSSR count). The Balaban J connectivity index is 2.52. The summed E-state index contributed by atoms with van der Waals surface area (Å²) in [5.41, 5.74) is 0.891. The van der Waals surface area contributed by atoms with Crippen molar-refractivity contribution in [2.45, 2.75) is 6.29 Å². The first-order valence-corrected chi connectivity index (χ1v) is 3.20. The van der Waals surface area contributed by atoms with Crippen LogP contribution >= 0.6 is 0 Å². The number of hydrogen-bond donors (Lipinski definition) is 1. The molecule has 1 aliphatic rings. The van der Waals surface area contributed by atoms with Crippen LogP contribution in [0.4, 0.5) is 5.69 Å². The van der Waals surface area contributed by atoms with Gasteiger partial charge in [0.25, 0.3) is 0 Å². The summed E-state index contributed by atoms with van der Waals surface area (Å²) in [5.74, 6) is 0. The number of rotatable bonds is 0. The third kappa shape index (κ3) is 0.883. The number of aliphatic hydroxyl groups is 1. The fourth-order valence-corrected chi connectivity index (χ4v) is 1.07. The Labute approximate surface area is 63.2 Å². The Morgan fingerprint density at radius 3 is 2.91 bits per heavy atom. The average Bonchev–Trinajstić information content (AvgIpc) is 2.30. The van der Waals surface area contributed by atoms with Crippen molar-refractivity contribution in [3.05, 3.63) is 29.8 Å². The van der Waals surface area contributed by atoms with Crippen LogP contribution in [0.5, 0.6) is 0 Å². The summed E-state index contributed by atoms with van der Waals surface area (Å²) >= 11 is 0. The van der Waals surface area contributed by atoms with Crippen molar-refractivity contribution in [3.63, 3.8) is 0 Å². The lowest BCUT2D eigenvalue weighted by Crippen LogP contribution is -2.10. The minimum Gasteiger partial charge on any atom is -0.362 e. The molecule has 57 valence electrons. The number of fused-ring (bicyclic) bond motifs is 1. The molecule has 0 saturated carbocycles. The van der Waals surface area contributed by atoms with Crippen LogP contribution in [-0.2, 0) is 10.0 Å². The molecule has 0 aliphatic carbocycles. The minimum absolute atomic E-state index is 0.319. The van der Waals surface area contributed by atoms with E-state index in [9.17, 15) is 5.21 Å². The third-order valence-corrected chi connectivity index (χ3v) is 1.60. The molecule has 11 heavy (non-hydrogen) atoms. The lowest BCUT2D eigenvalue weighted by Gasteiger charge is -2.02. The predicted molar refractivity (Wildman–Crippen MR) is 35.7 cm³/mol. The monoisotopic (exact) mass is 152 g/mol. The second-order valence-corrected chi connectivity index (χ2v) is 2.27. The maximum absolute atomic E-state index is 10.8. The maximum Gasteiger partial charge on any atom is 0.212 e. The molecule has 1 unspecified atom stereocenters. The van der Waals surface area contributed by atoms with Crippen LogP contribution in [0.1, 0.15) is 11.9 Å². The van der Waals surface area contributed by atoms with Gasteiger partial charge in [0.05, 0.1) is 0 Å². The lowest BCUT2D eigenvalue weighted by atomic mass is 10.2. The highest BCUT2D eigenvalue weighted by molar-refractivity contribution is 5.52. The Bertz CT molecular complexity index is 249. The van der Waals surface area contributed by atoms with E-state index in [2.05, 4.69) is 4.84 Å². The molecule has 4 nitrogen and oxygen atoms in total. The number of aliphatic hydroxyl groups excluding tert-OH is 1. The van der Waals surface area contributed by atoms with Crippen molar-refractivity contribution in [2.24, 2.45) is 0 Å². The summed E-state index contributed by atoms with van der Waals surface area (Å²) in [6, 6.07) is 6.70. The largest absolute Gasteiger partial charge is 0.362 e. The fourth-order valence-electron chi connectivity index (χ4n) is 1.07. The number of nitrogens with zero attached hydrogens (tertiary/aromatic N) is 1. The molecular weight excluding hydrogens is 146 g/mol. The molecule has 1 N–H and O–H groups in total. The van der Waals surface area contributed by atoms with Crippen molar-refractivity contribution in [1.82, 2.24) is 0 Å². The van der Waals surface area contributed by atoms with Gasteiger partial charge in [0, 0.05) is 5.56 Å². The Morgan fingerprint density at radius 1 is 1.45 bits per heavy atom. The van der Waals surface area contributed by atoms with E-state index in [1.165, 1.54) is 0 Å². The molecule has 4 heteroatoms. The smallest absolute Gasteiger partial charge is 0.212 e. The highest BCUT2D eigenvalue weighted by Crippen LogP contribution is 2.33. The van der Waals surface area contributed by atoms with Gasteiger partial charge in [-0.05, 0) is 6.07 Å². The average molecular weight is 152 g/mol. The minimum atomic E-state index is -1.11. The molecule has 1 aromatic carbocycles. The summed E-state index contributed by atoms with van der Waals surface area (Å²) in [5, 5.41) is 20.2. The van der Waals surface area contributed by atoms with Gasteiger partial charge < -0.3 is 5.11 Å². The van der Waals surface area contributed by atoms with Crippen molar-refractivity contribution in [1.29, 1.82) is 0 Å². The van der Waals surface area contributed by atoms with Gasteiger partial charge in [0.2, 0.25) is 6.29 Å². The summed E-state index contributed by atoms with van der Waals surface area (Å²) in [4.78, 5) is 4.46. The first-order chi connectivity index (χ1) is 5.29. The van der Waals surface area contributed by atoms with Crippen LogP contribution < -0.4 is 5.23 Å². The van der Waals surface area contributed by atoms with Crippen LogP contribution in [0.25, 0.3) is 0 Å². The van der Waals surface area contributed by atoms with Crippen LogP contribution in [0.15, 0.2) is 24.3 Å². The quantitative estimate of drug-likeness (QED) is 0.597. The second-order valence-electron chi connectivity index (χ2n) is 2.27. The van der Waals surface area contributed by atoms with Gasteiger partial charge in [-0.15, -0.1) is 0 Å². The van der Waals surface area contributed by atoms with Crippen LogP contribution in [0.3, 0.4) is 0 Å². The molecule has 0 fully saturated rings. The van der Waals surface area contributed by atoms with E-state index in [-0.39, 0.29) is 0 Å². The van der Waals surface area contributed by atoms with Gasteiger partial charge in [-0.25, -0.2) is 4.84 Å². The van der Waals surface area contributed by atoms with Crippen LogP contribution in [0, 0.1) is 0 Å². The summed E-state index contributed by atoms with van der Waals surface area (Å²) < 4.78 is 0. The predicted octanol–water partition coefficient (Wildman–Crippen LogP) is 0.775.